The fraction of sp³-hybridized carbons (Fsp3) is 0.438. The highest BCUT2D eigenvalue weighted by molar-refractivity contribution is 7.87. The van der Waals surface area contributed by atoms with Gasteiger partial charge < -0.3 is 0 Å². The van der Waals surface area contributed by atoms with Crippen molar-refractivity contribution < 1.29 is 8.42 Å². The van der Waals surface area contributed by atoms with Crippen LogP contribution in [-0.4, -0.2) is 30.8 Å². The van der Waals surface area contributed by atoms with Crippen molar-refractivity contribution in [2.45, 2.75) is 32.2 Å². The average Bonchev–Trinajstić information content (AvgIpc) is 2.83. The van der Waals surface area contributed by atoms with E-state index in [0.717, 1.165) is 42.1 Å². The number of pyridine rings is 1. The molecule has 1 aromatic heterocycles. The second kappa shape index (κ2) is 6.73. The molecule has 1 aromatic carbocycles. The number of fused-ring (bicyclic) bond motifs is 1. The molecule has 0 aliphatic carbocycles. The Labute approximate surface area is 131 Å². The van der Waals surface area contributed by atoms with E-state index in [1.54, 1.807) is 10.5 Å². The lowest BCUT2D eigenvalue weighted by Gasteiger charge is -2.20. The van der Waals surface area contributed by atoms with Crippen molar-refractivity contribution in [1.82, 2.24) is 14.0 Å². The van der Waals surface area contributed by atoms with Crippen molar-refractivity contribution >= 4 is 21.1 Å². The summed E-state index contributed by atoms with van der Waals surface area (Å²) in [7, 11) is -3.42. The van der Waals surface area contributed by atoms with Crippen molar-refractivity contribution in [2.24, 2.45) is 0 Å². The minimum Gasteiger partial charge on any atom is -0.256 e. The van der Waals surface area contributed by atoms with Crippen molar-refractivity contribution in [3.05, 3.63) is 42.1 Å². The zero-order chi connectivity index (χ0) is 15.4. The minimum absolute atomic E-state index is 0.271. The summed E-state index contributed by atoms with van der Waals surface area (Å²) >= 11 is 0. The van der Waals surface area contributed by atoms with Crippen LogP contribution in [0.5, 0.6) is 0 Å². The molecule has 0 unspecified atom stereocenters. The maximum absolute atomic E-state index is 12.4. The van der Waals surface area contributed by atoms with Crippen LogP contribution in [0.15, 0.2) is 36.5 Å². The number of hydrogen-bond donors (Lipinski definition) is 1. The molecule has 1 saturated heterocycles. The molecule has 0 saturated carbocycles. The first-order valence-electron chi connectivity index (χ1n) is 7.74. The number of rotatable bonds is 4. The summed E-state index contributed by atoms with van der Waals surface area (Å²) in [6, 6.07) is 9.69. The van der Waals surface area contributed by atoms with E-state index in [4.69, 9.17) is 0 Å². The van der Waals surface area contributed by atoms with Gasteiger partial charge in [0.1, 0.15) is 0 Å². The van der Waals surface area contributed by atoms with E-state index in [-0.39, 0.29) is 6.54 Å². The van der Waals surface area contributed by atoms with E-state index in [0.29, 0.717) is 13.1 Å². The Kier molecular flexibility index (Phi) is 4.71. The van der Waals surface area contributed by atoms with E-state index >= 15 is 0 Å². The largest absolute Gasteiger partial charge is 0.279 e. The van der Waals surface area contributed by atoms with Crippen LogP contribution in [0.1, 0.15) is 31.2 Å². The van der Waals surface area contributed by atoms with Gasteiger partial charge >= 0.3 is 0 Å². The summed E-state index contributed by atoms with van der Waals surface area (Å²) in [5, 5.41) is 1.02. The molecule has 1 fully saturated rings. The van der Waals surface area contributed by atoms with Crippen LogP contribution in [-0.2, 0) is 16.8 Å². The van der Waals surface area contributed by atoms with E-state index in [9.17, 15) is 8.42 Å². The molecule has 0 atom stereocenters. The highest BCUT2D eigenvalue weighted by Crippen LogP contribution is 2.17. The lowest BCUT2D eigenvalue weighted by atomic mass is 10.1. The summed E-state index contributed by atoms with van der Waals surface area (Å²) in [5.41, 5.74) is 1.75. The molecule has 1 aliphatic heterocycles. The average molecular weight is 319 g/mol. The minimum atomic E-state index is -3.42. The Hall–Kier alpha value is -1.50. The van der Waals surface area contributed by atoms with E-state index in [2.05, 4.69) is 9.71 Å². The first kappa shape index (κ1) is 15.4. The molecule has 0 amide bonds. The summed E-state index contributed by atoms with van der Waals surface area (Å²) in [5.74, 6) is 0. The van der Waals surface area contributed by atoms with Gasteiger partial charge in [0.2, 0.25) is 0 Å². The van der Waals surface area contributed by atoms with Crippen molar-refractivity contribution in [2.75, 3.05) is 13.1 Å². The fourth-order valence-corrected chi connectivity index (χ4v) is 4.11. The van der Waals surface area contributed by atoms with Crippen molar-refractivity contribution in [3.8, 4) is 0 Å². The van der Waals surface area contributed by atoms with Crippen molar-refractivity contribution in [3.63, 3.8) is 0 Å². The van der Waals surface area contributed by atoms with Crippen molar-refractivity contribution in [1.29, 1.82) is 0 Å². The number of hydrogen-bond acceptors (Lipinski definition) is 3. The molecule has 1 aliphatic rings. The zero-order valence-corrected chi connectivity index (χ0v) is 13.3. The SMILES string of the molecule is O=S(=O)(NCc1cccc2cccnc12)N1CCCCCC1. The number of nitrogens with one attached hydrogen (secondary N) is 1. The molecule has 22 heavy (non-hydrogen) atoms. The molecule has 2 aromatic rings. The summed E-state index contributed by atoms with van der Waals surface area (Å²) < 4.78 is 29.2. The van der Waals surface area contributed by atoms with Gasteiger partial charge in [-0.05, 0) is 24.5 Å². The zero-order valence-electron chi connectivity index (χ0n) is 12.5. The monoisotopic (exact) mass is 319 g/mol. The predicted octanol–water partition coefficient (Wildman–Crippen LogP) is 2.45. The van der Waals surface area contributed by atoms with Crippen LogP contribution in [0, 0.1) is 0 Å². The number of para-hydroxylation sites is 1. The van der Waals surface area contributed by atoms with Gasteiger partial charge in [0.25, 0.3) is 10.2 Å². The maximum Gasteiger partial charge on any atom is 0.279 e. The third-order valence-corrected chi connectivity index (χ3v) is 5.62. The third kappa shape index (κ3) is 3.45. The lowest BCUT2D eigenvalue weighted by molar-refractivity contribution is 0.414. The van der Waals surface area contributed by atoms with Crippen LogP contribution >= 0.6 is 0 Å². The van der Waals surface area contributed by atoms with Gasteiger partial charge in [-0.3, -0.25) is 4.98 Å². The normalized spacial score (nSPS) is 17.5. The number of aromatic nitrogens is 1. The molecule has 3 rings (SSSR count). The topological polar surface area (TPSA) is 62.3 Å². The standard InChI is InChI=1S/C16H21N3O2S/c20-22(21,19-11-3-1-2-4-12-19)18-13-15-8-5-7-14-9-6-10-17-16(14)15/h5-10,18H,1-4,11-13H2. The van der Waals surface area contributed by atoms with Crippen LogP contribution in [0.25, 0.3) is 10.9 Å². The Morgan fingerprint density at radius 1 is 1.05 bits per heavy atom. The first-order valence-corrected chi connectivity index (χ1v) is 9.18. The summed E-state index contributed by atoms with van der Waals surface area (Å²) in [6.45, 7) is 1.50. The maximum atomic E-state index is 12.4. The van der Waals surface area contributed by atoms with Gasteiger partial charge in [-0.1, -0.05) is 37.1 Å². The van der Waals surface area contributed by atoms with Gasteiger partial charge in [0, 0.05) is 31.2 Å². The quantitative estimate of drug-likeness (QED) is 0.941. The fourth-order valence-electron chi connectivity index (χ4n) is 2.85. The van der Waals surface area contributed by atoms with E-state index in [1.807, 2.05) is 30.3 Å². The predicted molar refractivity (Wildman–Crippen MR) is 87.5 cm³/mol. The van der Waals surface area contributed by atoms with Crippen LogP contribution in [0.2, 0.25) is 0 Å². The van der Waals surface area contributed by atoms with Gasteiger partial charge in [-0.2, -0.15) is 17.4 Å². The van der Waals surface area contributed by atoms with E-state index < -0.39 is 10.2 Å². The Bertz CT molecular complexity index is 733. The molecular weight excluding hydrogens is 298 g/mol. The Morgan fingerprint density at radius 2 is 1.77 bits per heavy atom. The second-order valence-corrected chi connectivity index (χ2v) is 7.39. The molecule has 0 spiro atoms. The molecular formula is C16H21N3O2S. The molecule has 118 valence electrons. The summed E-state index contributed by atoms with van der Waals surface area (Å²) in [6.07, 6.45) is 5.83. The van der Waals surface area contributed by atoms with Gasteiger partial charge in [-0.15, -0.1) is 0 Å². The van der Waals surface area contributed by atoms with E-state index in [1.165, 1.54) is 0 Å². The smallest absolute Gasteiger partial charge is 0.256 e. The molecule has 0 bridgehead atoms. The summed E-state index contributed by atoms with van der Waals surface area (Å²) in [4.78, 5) is 4.36. The third-order valence-electron chi connectivity index (χ3n) is 4.07. The molecule has 6 heteroatoms. The van der Waals surface area contributed by atoms with Crippen LogP contribution < -0.4 is 4.72 Å². The Morgan fingerprint density at radius 3 is 2.55 bits per heavy atom. The molecule has 5 nitrogen and oxygen atoms in total. The number of nitrogens with zero attached hydrogens (tertiary/aromatic N) is 2. The van der Waals surface area contributed by atoms with Crippen LogP contribution in [0.3, 0.4) is 0 Å². The van der Waals surface area contributed by atoms with Gasteiger partial charge in [-0.25, -0.2) is 0 Å². The second-order valence-electron chi connectivity index (χ2n) is 5.63. The lowest BCUT2D eigenvalue weighted by Crippen LogP contribution is -2.40. The number of benzene rings is 1. The Balaban J connectivity index is 1.75. The molecule has 2 heterocycles. The first-order chi connectivity index (χ1) is 10.7. The van der Waals surface area contributed by atoms with Crippen LogP contribution in [0.4, 0.5) is 0 Å². The highest BCUT2D eigenvalue weighted by atomic mass is 32.2. The van der Waals surface area contributed by atoms with Gasteiger partial charge in [0.15, 0.2) is 0 Å². The van der Waals surface area contributed by atoms with Gasteiger partial charge in [0.05, 0.1) is 5.52 Å². The highest BCUT2D eigenvalue weighted by Gasteiger charge is 2.22. The molecule has 1 N–H and O–H groups in total. The molecule has 0 radical (unpaired) electrons.